The lowest BCUT2D eigenvalue weighted by molar-refractivity contribution is -0.137. The van der Waals surface area contributed by atoms with Crippen LogP contribution in [0.3, 0.4) is 0 Å². The predicted octanol–water partition coefficient (Wildman–Crippen LogP) is 3.61. The first-order valence-electron chi connectivity index (χ1n) is 6.45. The Labute approximate surface area is 114 Å². The Morgan fingerprint density at radius 2 is 2.05 bits per heavy atom. The van der Waals surface area contributed by atoms with Crippen LogP contribution in [0.5, 0.6) is 5.75 Å². The van der Waals surface area contributed by atoms with Crippen LogP contribution in [0, 0.1) is 0 Å². The summed E-state index contributed by atoms with van der Waals surface area (Å²) in [5, 5.41) is 0. The third-order valence-corrected chi connectivity index (χ3v) is 2.40. The Kier molecular flexibility index (Phi) is 7.10. The van der Waals surface area contributed by atoms with Crippen molar-refractivity contribution in [2.75, 3.05) is 13.2 Å². The number of rotatable bonds is 8. The van der Waals surface area contributed by atoms with E-state index in [1.165, 1.54) is 6.08 Å². The lowest BCUT2D eigenvalue weighted by atomic mass is 10.2. The van der Waals surface area contributed by atoms with Crippen molar-refractivity contribution in [3.05, 3.63) is 48.6 Å². The second-order valence-corrected chi connectivity index (χ2v) is 3.93. The van der Waals surface area contributed by atoms with Crippen molar-refractivity contribution in [2.24, 2.45) is 0 Å². The first-order chi connectivity index (χ1) is 9.26. The average Bonchev–Trinajstić information content (AvgIpc) is 2.43. The van der Waals surface area contributed by atoms with Crippen LogP contribution in [0.4, 0.5) is 0 Å². The van der Waals surface area contributed by atoms with Gasteiger partial charge in [-0.05, 0) is 43.5 Å². The van der Waals surface area contributed by atoms with Crippen LogP contribution in [0.25, 0.3) is 6.08 Å². The highest BCUT2D eigenvalue weighted by Crippen LogP contribution is 2.13. The molecular formula is C16H20O3. The molecule has 3 nitrogen and oxygen atoms in total. The van der Waals surface area contributed by atoms with Crippen LogP contribution in [-0.4, -0.2) is 19.2 Å². The molecule has 0 fully saturated rings. The fraction of sp³-hybridized carbons (Fsp3) is 0.312. The zero-order chi connectivity index (χ0) is 13.9. The molecule has 0 amide bonds. The van der Waals surface area contributed by atoms with E-state index in [1.807, 2.05) is 30.3 Å². The Morgan fingerprint density at radius 1 is 1.32 bits per heavy atom. The highest BCUT2D eigenvalue weighted by Gasteiger charge is 1.96. The molecule has 0 radical (unpaired) electrons. The van der Waals surface area contributed by atoms with Crippen LogP contribution >= 0.6 is 0 Å². The summed E-state index contributed by atoms with van der Waals surface area (Å²) < 4.78 is 10.4. The molecule has 19 heavy (non-hydrogen) atoms. The molecule has 0 N–H and O–H groups in total. The van der Waals surface area contributed by atoms with Gasteiger partial charge in [-0.25, -0.2) is 4.79 Å². The smallest absolute Gasteiger partial charge is 0.330 e. The molecule has 0 aromatic heterocycles. The zero-order valence-electron chi connectivity index (χ0n) is 11.3. The molecule has 102 valence electrons. The van der Waals surface area contributed by atoms with E-state index >= 15 is 0 Å². The van der Waals surface area contributed by atoms with E-state index in [0.717, 1.165) is 24.2 Å². The quantitative estimate of drug-likeness (QED) is 0.310. The van der Waals surface area contributed by atoms with Crippen LogP contribution in [-0.2, 0) is 9.53 Å². The molecule has 0 saturated carbocycles. The van der Waals surface area contributed by atoms with Crippen molar-refractivity contribution in [1.82, 2.24) is 0 Å². The molecule has 0 aliphatic heterocycles. The molecule has 0 unspecified atom stereocenters. The summed E-state index contributed by atoms with van der Waals surface area (Å²) in [5.74, 6) is 0.504. The molecule has 3 heteroatoms. The molecule has 0 saturated heterocycles. The molecule has 0 atom stereocenters. The molecule has 0 aliphatic rings. The molecule has 0 aliphatic carbocycles. The number of hydrogen-bond donors (Lipinski definition) is 0. The topological polar surface area (TPSA) is 35.5 Å². The van der Waals surface area contributed by atoms with Gasteiger partial charge in [0.05, 0.1) is 13.2 Å². The monoisotopic (exact) mass is 260 g/mol. The van der Waals surface area contributed by atoms with Gasteiger partial charge in [0.2, 0.25) is 0 Å². The van der Waals surface area contributed by atoms with Crippen molar-refractivity contribution in [1.29, 1.82) is 0 Å². The third kappa shape index (κ3) is 6.46. The summed E-state index contributed by atoms with van der Waals surface area (Å²) in [7, 11) is 0. The molecule has 1 aromatic rings. The van der Waals surface area contributed by atoms with Crippen molar-refractivity contribution >= 4 is 12.0 Å². The second-order valence-electron chi connectivity index (χ2n) is 3.93. The van der Waals surface area contributed by atoms with Gasteiger partial charge in [0.15, 0.2) is 0 Å². The van der Waals surface area contributed by atoms with Gasteiger partial charge >= 0.3 is 5.97 Å². The number of esters is 1. The lowest BCUT2D eigenvalue weighted by Gasteiger charge is -2.05. The Hall–Kier alpha value is -2.03. The SMILES string of the molecule is C=CCCCOc1ccc(/C=C/C(=O)OCC)cc1. The maximum atomic E-state index is 11.1. The standard InChI is InChI=1S/C16H20O3/c1-3-5-6-13-19-15-10-7-14(8-11-15)9-12-16(17)18-4-2/h3,7-12H,1,4-6,13H2,2H3/b12-9+. The number of benzene rings is 1. The van der Waals surface area contributed by atoms with E-state index in [-0.39, 0.29) is 5.97 Å². The van der Waals surface area contributed by atoms with Gasteiger partial charge in [0.1, 0.15) is 5.75 Å². The first-order valence-corrected chi connectivity index (χ1v) is 6.45. The Morgan fingerprint density at radius 3 is 2.68 bits per heavy atom. The van der Waals surface area contributed by atoms with Crippen LogP contribution in [0.2, 0.25) is 0 Å². The van der Waals surface area contributed by atoms with E-state index < -0.39 is 0 Å². The fourth-order valence-corrected chi connectivity index (χ4v) is 1.45. The number of ether oxygens (including phenoxy) is 2. The maximum absolute atomic E-state index is 11.1. The van der Waals surface area contributed by atoms with Gasteiger partial charge in [-0.2, -0.15) is 0 Å². The van der Waals surface area contributed by atoms with Crippen LogP contribution in [0.1, 0.15) is 25.3 Å². The Balaban J connectivity index is 2.42. The summed E-state index contributed by atoms with van der Waals surface area (Å²) in [5.41, 5.74) is 0.937. The van der Waals surface area contributed by atoms with Gasteiger partial charge in [0, 0.05) is 6.08 Å². The minimum absolute atomic E-state index is 0.327. The van der Waals surface area contributed by atoms with E-state index in [9.17, 15) is 4.79 Å². The van der Waals surface area contributed by atoms with Crippen molar-refractivity contribution < 1.29 is 14.3 Å². The maximum Gasteiger partial charge on any atom is 0.330 e. The van der Waals surface area contributed by atoms with Gasteiger partial charge in [0.25, 0.3) is 0 Å². The first kappa shape index (κ1) is 15.0. The van der Waals surface area contributed by atoms with Crippen LogP contribution in [0.15, 0.2) is 43.0 Å². The highest BCUT2D eigenvalue weighted by molar-refractivity contribution is 5.87. The van der Waals surface area contributed by atoms with E-state index in [4.69, 9.17) is 9.47 Å². The number of hydrogen-bond acceptors (Lipinski definition) is 3. The number of allylic oxidation sites excluding steroid dienone is 1. The van der Waals surface area contributed by atoms with E-state index in [1.54, 1.807) is 13.0 Å². The summed E-state index contributed by atoms with van der Waals surface area (Å²) >= 11 is 0. The summed E-state index contributed by atoms with van der Waals surface area (Å²) in [6, 6.07) is 7.58. The minimum Gasteiger partial charge on any atom is -0.494 e. The van der Waals surface area contributed by atoms with Gasteiger partial charge in [-0.1, -0.05) is 18.2 Å². The van der Waals surface area contributed by atoms with Crippen molar-refractivity contribution in [2.45, 2.75) is 19.8 Å². The number of unbranched alkanes of at least 4 members (excludes halogenated alkanes) is 1. The summed E-state index contributed by atoms with van der Waals surface area (Å²) in [6.07, 6.45) is 6.95. The molecular weight excluding hydrogens is 240 g/mol. The minimum atomic E-state index is -0.327. The summed E-state index contributed by atoms with van der Waals surface area (Å²) in [6.45, 7) is 6.52. The largest absolute Gasteiger partial charge is 0.494 e. The number of carbonyl (C=O) groups is 1. The third-order valence-electron chi connectivity index (χ3n) is 2.40. The van der Waals surface area contributed by atoms with Gasteiger partial charge in [-0.15, -0.1) is 6.58 Å². The Bertz CT molecular complexity index is 418. The van der Waals surface area contributed by atoms with Gasteiger partial charge < -0.3 is 9.47 Å². The van der Waals surface area contributed by atoms with E-state index in [2.05, 4.69) is 6.58 Å². The molecule has 1 aromatic carbocycles. The summed E-state index contributed by atoms with van der Waals surface area (Å²) in [4.78, 5) is 11.1. The predicted molar refractivity (Wildman–Crippen MR) is 77.0 cm³/mol. The van der Waals surface area contributed by atoms with Crippen molar-refractivity contribution in [3.8, 4) is 5.75 Å². The van der Waals surface area contributed by atoms with E-state index in [0.29, 0.717) is 13.2 Å². The van der Waals surface area contributed by atoms with Gasteiger partial charge in [-0.3, -0.25) is 0 Å². The average molecular weight is 260 g/mol. The fourth-order valence-electron chi connectivity index (χ4n) is 1.45. The zero-order valence-corrected chi connectivity index (χ0v) is 11.3. The van der Waals surface area contributed by atoms with Crippen LogP contribution < -0.4 is 4.74 Å². The molecule has 0 heterocycles. The molecule has 0 bridgehead atoms. The second kappa shape index (κ2) is 8.97. The molecule has 1 rings (SSSR count). The highest BCUT2D eigenvalue weighted by atomic mass is 16.5. The normalized spacial score (nSPS) is 10.4. The molecule has 0 spiro atoms. The lowest BCUT2D eigenvalue weighted by Crippen LogP contribution is -1.98. The number of carbonyl (C=O) groups excluding carboxylic acids is 1. The van der Waals surface area contributed by atoms with Crippen molar-refractivity contribution in [3.63, 3.8) is 0 Å².